The highest BCUT2D eigenvalue weighted by Crippen LogP contribution is 2.19. The van der Waals surface area contributed by atoms with Crippen LogP contribution in [0, 0.1) is 6.92 Å². The molecule has 1 aromatic rings. The molecular weight excluding hydrogens is 325 g/mol. The number of nitrogens with two attached hydrogens (primary N) is 1. The molecular formula is C15H27Cl2N3O2. The van der Waals surface area contributed by atoms with Gasteiger partial charge in [0.25, 0.3) is 0 Å². The lowest BCUT2D eigenvalue weighted by Gasteiger charge is -2.17. The molecule has 1 amide bonds. The number of ether oxygens (including phenoxy) is 1. The summed E-state index contributed by atoms with van der Waals surface area (Å²) >= 11 is 0. The number of aryl methyl sites for hydroxylation is 1. The molecule has 0 heterocycles. The summed E-state index contributed by atoms with van der Waals surface area (Å²) in [6.07, 6.45) is 0.0280. The van der Waals surface area contributed by atoms with E-state index in [0.717, 1.165) is 17.8 Å². The van der Waals surface area contributed by atoms with Crippen molar-refractivity contribution in [3.63, 3.8) is 0 Å². The second kappa shape index (κ2) is 11.7. The van der Waals surface area contributed by atoms with Gasteiger partial charge in [0, 0.05) is 25.9 Å². The molecule has 7 heteroatoms. The number of benzene rings is 1. The van der Waals surface area contributed by atoms with E-state index in [1.807, 2.05) is 33.2 Å². The van der Waals surface area contributed by atoms with Gasteiger partial charge in [-0.2, -0.15) is 0 Å². The number of nitrogens with one attached hydrogen (secondary N) is 1. The number of methoxy groups -OCH3 is 1. The van der Waals surface area contributed by atoms with Crippen molar-refractivity contribution in [1.29, 1.82) is 0 Å². The van der Waals surface area contributed by atoms with Crippen LogP contribution in [0.4, 0.5) is 5.69 Å². The highest BCUT2D eigenvalue weighted by molar-refractivity contribution is 5.91. The van der Waals surface area contributed by atoms with Crippen molar-refractivity contribution in [2.75, 3.05) is 33.1 Å². The van der Waals surface area contributed by atoms with E-state index in [4.69, 9.17) is 10.5 Å². The van der Waals surface area contributed by atoms with Gasteiger partial charge in [-0.05, 0) is 32.6 Å². The van der Waals surface area contributed by atoms with Crippen molar-refractivity contribution >= 4 is 36.4 Å². The minimum absolute atomic E-state index is 0. The fraction of sp³-hybridized carbons (Fsp3) is 0.533. The highest BCUT2D eigenvalue weighted by Gasteiger charge is 2.13. The van der Waals surface area contributed by atoms with Crippen LogP contribution in [0.5, 0.6) is 0 Å². The Morgan fingerprint density at radius 1 is 1.36 bits per heavy atom. The van der Waals surface area contributed by atoms with Crippen LogP contribution in [0.25, 0.3) is 0 Å². The van der Waals surface area contributed by atoms with E-state index in [0.29, 0.717) is 6.54 Å². The lowest BCUT2D eigenvalue weighted by atomic mass is 10.1. The van der Waals surface area contributed by atoms with Crippen LogP contribution in [0.1, 0.15) is 17.5 Å². The Labute approximate surface area is 145 Å². The van der Waals surface area contributed by atoms with E-state index in [1.54, 1.807) is 7.11 Å². The SMILES string of the molecule is COC(CN)CC(=O)Nc1ccc(C)cc1CN(C)C.Cl.Cl. The molecule has 0 bridgehead atoms. The van der Waals surface area contributed by atoms with Gasteiger partial charge in [-0.15, -0.1) is 24.8 Å². The summed E-state index contributed by atoms with van der Waals surface area (Å²) in [4.78, 5) is 14.1. The molecule has 5 nitrogen and oxygen atoms in total. The second-order valence-corrected chi connectivity index (χ2v) is 5.24. The number of nitrogens with zero attached hydrogens (tertiary/aromatic N) is 1. The summed E-state index contributed by atoms with van der Waals surface area (Å²) in [5.41, 5.74) is 8.66. The van der Waals surface area contributed by atoms with Crippen molar-refractivity contribution in [3.05, 3.63) is 29.3 Å². The molecule has 22 heavy (non-hydrogen) atoms. The Bertz CT molecular complexity index is 452. The molecule has 0 aliphatic carbocycles. The van der Waals surface area contributed by atoms with Crippen molar-refractivity contribution in [2.45, 2.75) is 26.0 Å². The van der Waals surface area contributed by atoms with Crippen LogP contribution in [-0.4, -0.2) is 44.7 Å². The summed E-state index contributed by atoms with van der Waals surface area (Å²) in [5, 5.41) is 2.94. The Morgan fingerprint density at radius 2 is 2.00 bits per heavy atom. The minimum atomic E-state index is -0.238. The monoisotopic (exact) mass is 351 g/mol. The number of anilines is 1. The molecule has 0 fully saturated rings. The van der Waals surface area contributed by atoms with Gasteiger partial charge in [0.1, 0.15) is 0 Å². The molecule has 128 valence electrons. The molecule has 1 atom stereocenters. The number of hydrogen-bond donors (Lipinski definition) is 2. The van der Waals surface area contributed by atoms with Gasteiger partial charge in [-0.1, -0.05) is 17.7 Å². The second-order valence-electron chi connectivity index (χ2n) is 5.24. The minimum Gasteiger partial charge on any atom is -0.380 e. The van der Waals surface area contributed by atoms with E-state index >= 15 is 0 Å². The van der Waals surface area contributed by atoms with Gasteiger partial charge in [-0.25, -0.2) is 0 Å². The standard InChI is InChI=1S/C15H25N3O2.2ClH/c1-11-5-6-14(12(7-11)10-18(2)3)17-15(19)8-13(9-16)20-4;;/h5-7,13H,8-10,16H2,1-4H3,(H,17,19);2*1H. The van der Waals surface area contributed by atoms with E-state index in [-0.39, 0.29) is 43.2 Å². The molecule has 0 aliphatic rings. The predicted octanol–water partition coefficient (Wildman–Crippen LogP) is 2.20. The first-order valence-electron chi connectivity index (χ1n) is 6.73. The molecule has 3 N–H and O–H groups in total. The van der Waals surface area contributed by atoms with Crippen LogP contribution >= 0.6 is 24.8 Å². The van der Waals surface area contributed by atoms with Gasteiger partial charge < -0.3 is 20.7 Å². The molecule has 1 aromatic carbocycles. The molecule has 0 aliphatic heterocycles. The Balaban J connectivity index is 0. The zero-order chi connectivity index (χ0) is 15.1. The van der Waals surface area contributed by atoms with Gasteiger partial charge in [0.05, 0.1) is 12.5 Å². The maximum atomic E-state index is 12.0. The van der Waals surface area contributed by atoms with Crippen molar-refractivity contribution in [3.8, 4) is 0 Å². The van der Waals surface area contributed by atoms with Crippen LogP contribution in [0.15, 0.2) is 18.2 Å². The first-order valence-corrected chi connectivity index (χ1v) is 6.73. The topological polar surface area (TPSA) is 67.6 Å². The first-order chi connectivity index (χ1) is 9.46. The van der Waals surface area contributed by atoms with Crippen LogP contribution in [0.2, 0.25) is 0 Å². The third kappa shape index (κ3) is 7.96. The zero-order valence-electron chi connectivity index (χ0n) is 13.6. The normalized spacial score (nSPS) is 11.4. The number of hydrogen-bond acceptors (Lipinski definition) is 4. The van der Waals surface area contributed by atoms with Crippen LogP contribution in [0.3, 0.4) is 0 Å². The zero-order valence-corrected chi connectivity index (χ0v) is 15.2. The van der Waals surface area contributed by atoms with Crippen molar-refractivity contribution in [2.24, 2.45) is 5.73 Å². The summed E-state index contributed by atoms with van der Waals surface area (Å²) in [6, 6.07) is 6.02. The molecule has 0 saturated heterocycles. The predicted molar refractivity (Wildman–Crippen MR) is 96.2 cm³/mol. The van der Waals surface area contributed by atoms with Crippen molar-refractivity contribution in [1.82, 2.24) is 4.90 Å². The summed E-state index contributed by atoms with van der Waals surface area (Å²) in [6.45, 7) is 3.16. The highest BCUT2D eigenvalue weighted by atomic mass is 35.5. The molecule has 1 rings (SSSR count). The van der Waals surface area contributed by atoms with Gasteiger partial charge >= 0.3 is 0 Å². The molecule has 0 radical (unpaired) electrons. The summed E-state index contributed by atoms with van der Waals surface area (Å²) in [5.74, 6) is -0.0776. The van der Waals surface area contributed by atoms with E-state index in [2.05, 4.69) is 16.3 Å². The maximum absolute atomic E-state index is 12.0. The lowest BCUT2D eigenvalue weighted by molar-refractivity contribution is -0.118. The third-order valence-corrected chi connectivity index (χ3v) is 3.03. The van der Waals surface area contributed by atoms with Gasteiger partial charge in [0.15, 0.2) is 0 Å². The van der Waals surface area contributed by atoms with Gasteiger partial charge in [0.2, 0.25) is 5.91 Å². The quantitative estimate of drug-likeness (QED) is 0.790. The fourth-order valence-corrected chi connectivity index (χ4v) is 1.99. The van der Waals surface area contributed by atoms with Crippen LogP contribution < -0.4 is 11.1 Å². The number of carbonyl (C=O) groups excluding carboxylic acids is 1. The Morgan fingerprint density at radius 3 is 2.50 bits per heavy atom. The fourth-order valence-electron chi connectivity index (χ4n) is 1.99. The lowest BCUT2D eigenvalue weighted by Crippen LogP contribution is -2.28. The maximum Gasteiger partial charge on any atom is 0.227 e. The van der Waals surface area contributed by atoms with E-state index in [9.17, 15) is 4.79 Å². The Hall–Kier alpha value is -0.850. The van der Waals surface area contributed by atoms with E-state index in [1.165, 1.54) is 5.56 Å². The first kappa shape index (κ1) is 23.4. The number of rotatable bonds is 7. The van der Waals surface area contributed by atoms with Crippen LogP contribution in [-0.2, 0) is 16.1 Å². The third-order valence-electron chi connectivity index (χ3n) is 3.03. The summed E-state index contributed by atoms with van der Waals surface area (Å²) < 4.78 is 5.13. The number of carbonyl (C=O) groups is 1. The Kier molecular flexibility index (Phi) is 12.4. The van der Waals surface area contributed by atoms with E-state index < -0.39 is 0 Å². The van der Waals surface area contributed by atoms with Crippen molar-refractivity contribution < 1.29 is 9.53 Å². The molecule has 1 unspecified atom stereocenters. The smallest absolute Gasteiger partial charge is 0.227 e. The average molecular weight is 352 g/mol. The molecule has 0 saturated carbocycles. The number of halogens is 2. The molecule has 0 spiro atoms. The average Bonchev–Trinajstić information content (AvgIpc) is 2.38. The summed E-state index contributed by atoms with van der Waals surface area (Å²) in [7, 11) is 5.57. The molecule has 0 aromatic heterocycles. The number of amides is 1. The largest absolute Gasteiger partial charge is 0.380 e. The van der Waals surface area contributed by atoms with Gasteiger partial charge in [-0.3, -0.25) is 4.79 Å².